The second-order valence-electron chi connectivity index (χ2n) is 3.13. The van der Waals surface area contributed by atoms with E-state index >= 15 is 0 Å². The van der Waals surface area contributed by atoms with Gasteiger partial charge < -0.3 is 0 Å². The van der Waals surface area contributed by atoms with Gasteiger partial charge in [-0.25, -0.2) is 9.82 Å². The Bertz CT molecular complexity index is 370. The van der Waals surface area contributed by atoms with Crippen LogP contribution < -0.4 is 10.9 Å². The van der Waals surface area contributed by atoms with Gasteiger partial charge in [0.15, 0.2) is 0 Å². The highest BCUT2D eigenvalue weighted by Crippen LogP contribution is 2.21. The van der Waals surface area contributed by atoms with Crippen LogP contribution in [0.2, 0.25) is 5.02 Å². The van der Waals surface area contributed by atoms with Gasteiger partial charge in [0.1, 0.15) is 5.82 Å². The fourth-order valence-electron chi connectivity index (χ4n) is 1.16. The van der Waals surface area contributed by atoms with Gasteiger partial charge in [-0.1, -0.05) is 17.7 Å². The Morgan fingerprint density at radius 3 is 2.73 bits per heavy atom. The van der Waals surface area contributed by atoms with Crippen LogP contribution in [0.15, 0.2) is 18.2 Å². The standard InChI is InChI=1S/C10H12ClFN2O/c1-6(10(15)14-13-2)7-3-4-9(12)8(11)5-7/h3-6,13H,1-2H3,(H,14,15). The van der Waals surface area contributed by atoms with Crippen LogP contribution in [0.25, 0.3) is 0 Å². The maximum Gasteiger partial charge on any atom is 0.241 e. The second-order valence-corrected chi connectivity index (χ2v) is 3.54. The van der Waals surface area contributed by atoms with Crippen LogP contribution in [-0.2, 0) is 4.79 Å². The summed E-state index contributed by atoms with van der Waals surface area (Å²) in [5.41, 5.74) is 5.66. The van der Waals surface area contributed by atoms with Crippen LogP contribution >= 0.6 is 11.6 Å². The molecule has 1 aromatic rings. The first-order valence-corrected chi connectivity index (χ1v) is 4.85. The SMILES string of the molecule is CNNC(=O)C(C)c1ccc(F)c(Cl)c1. The van der Waals surface area contributed by atoms with E-state index in [2.05, 4.69) is 10.9 Å². The van der Waals surface area contributed by atoms with Crippen molar-refractivity contribution in [3.8, 4) is 0 Å². The number of hydrogen-bond donors (Lipinski definition) is 2. The quantitative estimate of drug-likeness (QED) is 0.778. The summed E-state index contributed by atoms with van der Waals surface area (Å²) in [6.07, 6.45) is 0. The number of carbonyl (C=O) groups excluding carboxylic acids is 1. The van der Waals surface area contributed by atoms with E-state index in [0.717, 1.165) is 0 Å². The van der Waals surface area contributed by atoms with Gasteiger partial charge in [0.05, 0.1) is 10.9 Å². The molecule has 1 atom stereocenters. The molecule has 15 heavy (non-hydrogen) atoms. The molecule has 0 radical (unpaired) electrons. The molecule has 0 saturated carbocycles. The molecular weight excluding hydrogens is 219 g/mol. The van der Waals surface area contributed by atoms with E-state index in [0.29, 0.717) is 5.56 Å². The van der Waals surface area contributed by atoms with Crippen LogP contribution in [0, 0.1) is 5.82 Å². The number of carbonyl (C=O) groups is 1. The Balaban J connectivity index is 2.86. The lowest BCUT2D eigenvalue weighted by Gasteiger charge is -2.12. The van der Waals surface area contributed by atoms with Crippen molar-refractivity contribution < 1.29 is 9.18 Å². The van der Waals surface area contributed by atoms with Gasteiger partial charge in [0, 0.05) is 7.05 Å². The third-order valence-electron chi connectivity index (χ3n) is 2.09. The van der Waals surface area contributed by atoms with E-state index in [1.54, 1.807) is 20.0 Å². The first-order valence-electron chi connectivity index (χ1n) is 4.47. The molecule has 0 aliphatic rings. The van der Waals surface area contributed by atoms with Gasteiger partial charge in [-0.05, 0) is 24.6 Å². The van der Waals surface area contributed by atoms with Gasteiger partial charge in [0.2, 0.25) is 5.91 Å². The Morgan fingerprint density at radius 2 is 2.20 bits per heavy atom. The summed E-state index contributed by atoms with van der Waals surface area (Å²) in [5.74, 6) is -1.06. The summed E-state index contributed by atoms with van der Waals surface area (Å²) in [6.45, 7) is 1.72. The maximum atomic E-state index is 12.9. The van der Waals surface area contributed by atoms with Crippen LogP contribution in [0.4, 0.5) is 4.39 Å². The molecule has 0 saturated heterocycles. The topological polar surface area (TPSA) is 41.1 Å². The predicted molar refractivity (Wildman–Crippen MR) is 57.0 cm³/mol. The minimum absolute atomic E-state index is 0.0246. The van der Waals surface area contributed by atoms with Gasteiger partial charge in [-0.2, -0.15) is 0 Å². The van der Waals surface area contributed by atoms with Crippen molar-refractivity contribution in [3.05, 3.63) is 34.6 Å². The predicted octanol–water partition coefficient (Wildman–Crippen LogP) is 1.83. The molecular formula is C10H12ClFN2O. The lowest BCUT2D eigenvalue weighted by Crippen LogP contribution is -2.37. The Kier molecular flexibility index (Phi) is 4.05. The van der Waals surface area contributed by atoms with Crippen molar-refractivity contribution in [1.29, 1.82) is 0 Å². The van der Waals surface area contributed by atoms with Crippen molar-refractivity contribution >= 4 is 17.5 Å². The van der Waals surface area contributed by atoms with Crippen molar-refractivity contribution in [1.82, 2.24) is 10.9 Å². The summed E-state index contributed by atoms with van der Waals surface area (Å²) < 4.78 is 12.9. The average Bonchev–Trinajstić information content (AvgIpc) is 2.21. The summed E-state index contributed by atoms with van der Waals surface area (Å²) in [7, 11) is 1.60. The molecule has 0 bridgehead atoms. The van der Waals surface area contributed by atoms with E-state index in [-0.39, 0.29) is 16.8 Å². The molecule has 0 aliphatic carbocycles. The number of halogens is 2. The summed E-state index contributed by atoms with van der Waals surface area (Å²) in [5, 5.41) is 0.0246. The van der Waals surface area contributed by atoms with Crippen LogP contribution in [0.1, 0.15) is 18.4 Å². The van der Waals surface area contributed by atoms with Crippen LogP contribution in [-0.4, -0.2) is 13.0 Å². The largest absolute Gasteiger partial charge is 0.291 e. The zero-order valence-electron chi connectivity index (χ0n) is 8.47. The first-order chi connectivity index (χ1) is 7.06. The van der Waals surface area contributed by atoms with Gasteiger partial charge in [0.25, 0.3) is 0 Å². The van der Waals surface area contributed by atoms with Crippen molar-refractivity contribution in [2.24, 2.45) is 0 Å². The number of amides is 1. The van der Waals surface area contributed by atoms with E-state index in [1.807, 2.05) is 0 Å². The summed E-state index contributed by atoms with van der Waals surface area (Å²) in [6, 6.07) is 4.25. The Hall–Kier alpha value is -1.13. The smallest absolute Gasteiger partial charge is 0.241 e. The molecule has 1 unspecified atom stereocenters. The van der Waals surface area contributed by atoms with Crippen molar-refractivity contribution in [3.63, 3.8) is 0 Å². The number of rotatable bonds is 3. The molecule has 5 heteroatoms. The maximum absolute atomic E-state index is 12.9. The lowest BCUT2D eigenvalue weighted by molar-refractivity contribution is -0.123. The number of nitrogens with one attached hydrogen (secondary N) is 2. The van der Waals surface area contributed by atoms with E-state index in [1.165, 1.54) is 12.1 Å². The number of benzene rings is 1. The molecule has 2 N–H and O–H groups in total. The molecule has 1 rings (SSSR count). The lowest BCUT2D eigenvalue weighted by atomic mass is 10.0. The van der Waals surface area contributed by atoms with E-state index < -0.39 is 5.82 Å². The highest BCUT2D eigenvalue weighted by atomic mass is 35.5. The van der Waals surface area contributed by atoms with Crippen LogP contribution in [0.5, 0.6) is 0 Å². The number of hydrazine groups is 1. The second kappa shape index (κ2) is 5.09. The highest BCUT2D eigenvalue weighted by Gasteiger charge is 2.15. The molecule has 1 amide bonds. The fourth-order valence-corrected chi connectivity index (χ4v) is 1.35. The zero-order chi connectivity index (χ0) is 11.4. The summed E-state index contributed by atoms with van der Waals surface area (Å²) in [4.78, 5) is 11.4. The van der Waals surface area contributed by atoms with E-state index in [9.17, 15) is 9.18 Å². The molecule has 0 aliphatic heterocycles. The first kappa shape index (κ1) is 11.9. The highest BCUT2D eigenvalue weighted by molar-refractivity contribution is 6.30. The van der Waals surface area contributed by atoms with Gasteiger partial charge >= 0.3 is 0 Å². The van der Waals surface area contributed by atoms with E-state index in [4.69, 9.17) is 11.6 Å². The van der Waals surface area contributed by atoms with Crippen LogP contribution in [0.3, 0.4) is 0 Å². The fraction of sp³-hybridized carbons (Fsp3) is 0.300. The third kappa shape index (κ3) is 2.91. The molecule has 0 spiro atoms. The molecule has 0 heterocycles. The molecule has 1 aromatic carbocycles. The van der Waals surface area contributed by atoms with Crippen molar-refractivity contribution in [2.75, 3.05) is 7.05 Å². The zero-order valence-corrected chi connectivity index (χ0v) is 9.23. The number of hydrogen-bond acceptors (Lipinski definition) is 2. The summed E-state index contributed by atoms with van der Waals surface area (Å²) >= 11 is 5.62. The molecule has 0 aromatic heterocycles. The molecule has 0 fully saturated rings. The van der Waals surface area contributed by atoms with Crippen molar-refractivity contribution in [2.45, 2.75) is 12.8 Å². The monoisotopic (exact) mass is 230 g/mol. The average molecular weight is 231 g/mol. The molecule has 3 nitrogen and oxygen atoms in total. The third-order valence-corrected chi connectivity index (χ3v) is 2.37. The van der Waals surface area contributed by atoms with Gasteiger partial charge in [-0.15, -0.1) is 0 Å². The van der Waals surface area contributed by atoms with Gasteiger partial charge in [-0.3, -0.25) is 10.2 Å². The normalized spacial score (nSPS) is 12.3. The Labute approximate surface area is 92.6 Å². The Morgan fingerprint density at radius 1 is 1.53 bits per heavy atom. The molecule has 82 valence electrons. The minimum Gasteiger partial charge on any atom is -0.291 e. The minimum atomic E-state index is -0.485.